The maximum atomic E-state index is 12.6. The predicted octanol–water partition coefficient (Wildman–Crippen LogP) is 1.88. The van der Waals surface area contributed by atoms with Gasteiger partial charge >= 0.3 is 0 Å². The molecule has 0 unspecified atom stereocenters. The van der Waals surface area contributed by atoms with E-state index < -0.39 is 10.0 Å². The van der Waals surface area contributed by atoms with E-state index >= 15 is 0 Å². The highest BCUT2D eigenvalue weighted by atomic mass is 32.2. The van der Waals surface area contributed by atoms with Crippen LogP contribution in [0.4, 0.5) is 0 Å². The Morgan fingerprint density at radius 3 is 2.50 bits per heavy atom. The fourth-order valence-corrected chi connectivity index (χ4v) is 4.40. The van der Waals surface area contributed by atoms with Gasteiger partial charge in [0.25, 0.3) is 0 Å². The zero-order chi connectivity index (χ0) is 14.6. The summed E-state index contributed by atoms with van der Waals surface area (Å²) in [5, 5.41) is 0. The summed E-state index contributed by atoms with van der Waals surface area (Å²) < 4.78 is 26.9. The van der Waals surface area contributed by atoms with Crippen molar-refractivity contribution in [2.75, 3.05) is 39.0 Å². The second-order valence-electron chi connectivity index (χ2n) is 4.92. The number of sulfonamides is 1. The van der Waals surface area contributed by atoms with Crippen LogP contribution in [-0.2, 0) is 15.8 Å². The van der Waals surface area contributed by atoms with Crippen molar-refractivity contribution < 1.29 is 8.42 Å². The lowest BCUT2D eigenvalue weighted by Crippen LogP contribution is -2.48. The number of benzene rings is 1. The number of likely N-dealkylation sites (N-methyl/N-ethyl adjacent to an activating group) is 1. The van der Waals surface area contributed by atoms with Crippen molar-refractivity contribution in [3.63, 3.8) is 0 Å². The highest BCUT2D eigenvalue weighted by molar-refractivity contribution is 7.97. The van der Waals surface area contributed by atoms with Crippen molar-refractivity contribution in [2.24, 2.45) is 0 Å². The molecule has 0 aliphatic carbocycles. The van der Waals surface area contributed by atoms with Crippen molar-refractivity contribution in [1.82, 2.24) is 9.21 Å². The SMILES string of the molecule is CCN1CCN(S(=O)(=O)c2cccc(CSC)c2)CC1. The third kappa shape index (κ3) is 3.55. The van der Waals surface area contributed by atoms with Crippen LogP contribution in [-0.4, -0.2) is 56.6 Å². The topological polar surface area (TPSA) is 40.6 Å². The molecule has 1 aromatic rings. The number of thioether (sulfide) groups is 1. The summed E-state index contributed by atoms with van der Waals surface area (Å²) in [5.74, 6) is 0.840. The highest BCUT2D eigenvalue weighted by Gasteiger charge is 2.27. The molecule has 0 bridgehead atoms. The molecule has 6 heteroatoms. The van der Waals surface area contributed by atoms with E-state index in [0.717, 1.165) is 31.0 Å². The summed E-state index contributed by atoms with van der Waals surface area (Å²) in [6, 6.07) is 7.31. The summed E-state index contributed by atoms with van der Waals surface area (Å²) in [6.07, 6.45) is 2.02. The number of hydrogen-bond acceptors (Lipinski definition) is 4. The number of piperazine rings is 1. The van der Waals surface area contributed by atoms with Crippen LogP contribution in [0.2, 0.25) is 0 Å². The normalized spacial score (nSPS) is 18.3. The second kappa shape index (κ2) is 6.93. The monoisotopic (exact) mass is 314 g/mol. The average molecular weight is 314 g/mol. The van der Waals surface area contributed by atoms with E-state index in [1.54, 1.807) is 28.2 Å². The average Bonchev–Trinajstić information content (AvgIpc) is 2.48. The minimum Gasteiger partial charge on any atom is -0.301 e. The van der Waals surface area contributed by atoms with Gasteiger partial charge in [0, 0.05) is 31.9 Å². The Morgan fingerprint density at radius 1 is 1.20 bits per heavy atom. The molecule has 0 aromatic heterocycles. The number of rotatable bonds is 5. The molecule has 1 aromatic carbocycles. The van der Waals surface area contributed by atoms with Crippen LogP contribution in [0.25, 0.3) is 0 Å². The summed E-state index contributed by atoms with van der Waals surface area (Å²) in [6.45, 7) is 5.90. The maximum absolute atomic E-state index is 12.6. The molecule has 0 spiro atoms. The first kappa shape index (κ1) is 15.8. The van der Waals surface area contributed by atoms with Crippen LogP contribution < -0.4 is 0 Å². The van der Waals surface area contributed by atoms with Crippen LogP contribution >= 0.6 is 11.8 Å². The molecule has 112 valence electrons. The number of nitrogens with zero attached hydrogens (tertiary/aromatic N) is 2. The summed E-state index contributed by atoms with van der Waals surface area (Å²) >= 11 is 1.70. The van der Waals surface area contributed by atoms with Crippen LogP contribution in [0.15, 0.2) is 29.2 Å². The van der Waals surface area contributed by atoms with Gasteiger partial charge < -0.3 is 4.90 Å². The summed E-state index contributed by atoms with van der Waals surface area (Å²) in [7, 11) is -3.34. The Hall–Kier alpha value is -0.560. The Labute approximate surface area is 126 Å². The van der Waals surface area contributed by atoms with Gasteiger partial charge in [0.2, 0.25) is 10.0 Å². The molecule has 0 saturated carbocycles. The quantitative estimate of drug-likeness (QED) is 0.832. The van der Waals surface area contributed by atoms with Gasteiger partial charge in [-0.05, 0) is 30.5 Å². The lowest BCUT2D eigenvalue weighted by Gasteiger charge is -2.33. The summed E-state index contributed by atoms with van der Waals surface area (Å²) in [4.78, 5) is 2.70. The van der Waals surface area contributed by atoms with Gasteiger partial charge in [-0.15, -0.1) is 0 Å². The largest absolute Gasteiger partial charge is 0.301 e. The van der Waals surface area contributed by atoms with E-state index in [2.05, 4.69) is 11.8 Å². The maximum Gasteiger partial charge on any atom is 0.243 e. The van der Waals surface area contributed by atoms with Crippen LogP contribution in [0.1, 0.15) is 12.5 Å². The van der Waals surface area contributed by atoms with Gasteiger partial charge in [-0.1, -0.05) is 19.1 Å². The molecule has 4 nitrogen and oxygen atoms in total. The third-order valence-corrected chi connectivity index (χ3v) is 6.14. The van der Waals surface area contributed by atoms with E-state index in [9.17, 15) is 8.42 Å². The van der Waals surface area contributed by atoms with Crippen LogP contribution in [0, 0.1) is 0 Å². The van der Waals surface area contributed by atoms with Gasteiger partial charge in [-0.3, -0.25) is 0 Å². The minimum absolute atomic E-state index is 0.425. The molecule has 1 fully saturated rings. The molecular weight excluding hydrogens is 292 g/mol. The molecule has 0 radical (unpaired) electrons. The van der Waals surface area contributed by atoms with E-state index in [-0.39, 0.29) is 0 Å². The Bertz CT molecular complexity index is 538. The standard InChI is InChI=1S/C14H22N2O2S2/c1-3-15-7-9-16(10-8-15)20(17,18)14-6-4-5-13(11-14)12-19-2/h4-6,11H,3,7-10,12H2,1-2H3. The lowest BCUT2D eigenvalue weighted by atomic mass is 10.2. The molecule has 1 saturated heterocycles. The number of hydrogen-bond donors (Lipinski definition) is 0. The first-order valence-electron chi connectivity index (χ1n) is 6.88. The second-order valence-corrected chi connectivity index (χ2v) is 7.72. The molecule has 0 amide bonds. The van der Waals surface area contributed by atoms with Crippen LogP contribution in [0.3, 0.4) is 0 Å². The molecule has 1 aliphatic heterocycles. The van der Waals surface area contributed by atoms with Crippen molar-refractivity contribution in [2.45, 2.75) is 17.6 Å². The van der Waals surface area contributed by atoms with Crippen molar-refractivity contribution in [1.29, 1.82) is 0 Å². The fraction of sp³-hybridized carbons (Fsp3) is 0.571. The van der Waals surface area contributed by atoms with E-state index in [1.807, 2.05) is 18.4 Å². The zero-order valence-corrected chi connectivity index (χ0v) is 13.7. The molecular formula is C14H22N2O2S2. The fourth-order valence-electron chi connectivity index (χ4n) is 2.40. The van der Waals surface area contributed by atoms with Crippen molar-refractivity contribution in [3.8, 4) is 0 Å². The molecule has 1 heterocycles. The minimum atomic E-state index is -3.34. The Balaban J connectivity index is 2.16. The van der Waals surface area contributed by atoms with Gasteiger partial charge in [0.15, 0.2) is 0 Å². The van der Waals surface area contributed by atoms with Gasteiger partial charge in [0.05, 0.1) is 4.90 Å². The smallest absolute Gasteiger partial charge is 0.243 e. The highest BCUT2D eigenvalue weighted by Crippen LogP contribution is 2.20. The molecule has 1 aliphatic rings. The molecule has 0 atom stereocenters. The first-order valence-corrected chi connectivity index (χ1v) is 9.71. The predicted molar refractivity (Wildman–Crippen MR) is 84.5 cm³/mol. The molecule has 20 heavy (non-hydrogen) atoms. The van der Waals surface area contributed by atoms with Gasteiger partial charge in [-0.25, -0.2) is 8.42 Å². The lowest BCUT2D eigenvalue weighted by molar-refractivity contribution is 0.196. The van der Waals surface area contributed by atoms with Crippen LogP contribution in [0.5, 0.6) is 0 Å². The molecule has 2 rings (SSSR count). The third-order valence-electron chi connectivity index (χ3n) is 3.63. The van der Waals surface area contributed by atoms with Crippen molar-refractivity contribution >= 4 is 21.8 Å². The van der Waals surface area contributed by atoms with Gasteiger partial charge in [0.1, 0.15) is 0 Å². The van der Waals surface area contributed by atoms with E-state index in [0.29, 0.717) is 18.0 Å². The Morgan fingerprint density at radius 2 is 1.90 bits per heavy atom. The van der Waals surface area contributed by atoms with Crippen molar-refractivity contribution in [3.05, 3.63) is 29.8 Å². The summed E-state index contributed by atoms with van der Waals surface area (Å²) in [5.41, 5.74) is 1.06. The van der Waals surface area contributed by atoms with E-state index in [1.165, 1.54) is 0 Å². The zero-order valence-electron chi connectivity index (χ0n) is 12.1. The first-order chi connectivity index (χ1) is 9.57. The van der Waals surface area contributed by atoms with Gasteiger partial charge in [-0.2, -0.15) is 16.1 Å². The molecule has 0 N–H and O–H groups in total. The Kier molecular flexibility index (Phi) is 5.49. The van der Waals surface area contributed by atoms with E-state index in [4.69, 9.17) is 0 Å².